The van der Waals surface area contributed by atoms with Gasteiger partial charge in [0, 0.05) is 19.2 Å². The summed E-state index contributed by atoms with van der Waals surface area (Å²) in [5.41, 5.74) is 0. The highest BCUT2D eigenvalue weighted by Crippen LogP contribution is 2.14. The Morgan fingerprint density at radius 3 is 2.93 bits per heavy atom. The first-order valence-corrected chi connectivity index (χ1v) is 6.51. The Morgan fingerprint density at radius 1 is 1.20 bits per heavy atom. The molecule has 2 fully saturated rings. The van der Waals surface area contributed by atoms with E-state index in [0.29, 0.717) is 12.1 Å². The molecule has 88 valence electrons. The van der Waals surface area contributed by atoms with E-state index in [1.54, 1.807) is 0 Å². The van der Waals surface area contributed by atoms with Gasteiger partial charge in [-0.3, -0.25) is 0 Å². The number of ether oxygens (including phenoxy) is 1. The van der Waals surface area contributed by atoms with Crippen LogP contribution in [0.4, 0.5) is 0 Å². The summed E-state index contributed by atoms with van der Waals surface area (Å²) in [7, 11) is 0. The number of piperidine rings is 1. The Labute approximate surface area is 93.0 Å². The number of hydrogen-bond acceptors (Lipinski definition) is 3. The molecule has 3 nitrogen and oxygen atoms in total. The first-order chi connectivity index (χ1) is 7.45. The van der Waals surface area contributed by atoms with Crippen LogP contribution in [0.3, 0.4) is 0 Å². The van der Waals surface area contributed by atoms with Crippen LogP contribution in [0.2, 0.25) is 0 Å². The summed E-state index contributed by atoms with van der Waals surface area (Å²) in [6.07, 6.45) is 8.34. The summed E-state index contributed by atoms with van der Waals surface area (Å²) in [5.74, 6) is 0. The van der Waals surface area contributed by atoms with Gasteiger partial charge in [-0.15, -0.1) is 0 Å². The van der Waals surface area contributed by atoms with E-state index in [0.717, 1.165) is 19.7 Å². The van der Waals surface area contributed by atoms with Crippen LogP contribution < -0.4 is 10.6 Å². The fourth-order valence-corrected chi connectivity index (χ4v) is 2.51. The molecule has 2 N–H and O–H groups in total. The number of nitrogens with one attached hydrogen (secondary N) is 2. The molecule has 2 aliphatic heterocycles. The summed E-state index contributed by atoms with van der Waals surface area (Å²) in [6.45, 7) is 4.43. The van der Waals surface area contributed by atoms with Crippen LogP contribution in [0.15, 0.2) is 0 Å². The largest absolute Gasteiger partial charge is 0.378 e. The van der Waals surface area contributed by atoms with Gasteiger partial charge in [0.1, 0.15) is 0 Å². The normalized spacial score (nSPS) is 32.0. The van der Waals surface area contributed by atoms with Crippen molar-refractivity contribution in [2.75, 3.05) is 26.2 Å². The zero-order valence-electron chi connectivity index (χ0n) is 9.63. The molecule has 0 amide bonds. The van der Waals surface area contributed by atoms with E-state index in [-0.39, 0.29) is 0 Å². The van der Waals surface area contributed by atoms with Crippen molar-refractivity contribution >= 4 is 0 Å². The van der Waals surface area contributed by atoms with Crippen LogP contribution in [0.5, 0.6) is 0 Å². The van der Waals surface area contributed by atoms with Gasteiger partial charge in [-0.05, 0) is 45.2 Å². The van der Waals surface area contributed by atoms with E-state index in [1.165, 1.54) is 45.1 Å². The topological polar surface area (TPSA) is 33.3 Å². The standard InChI is InChI=1S/C12H24N2O/c1-2-7-14-11(4-1)10-13-8-6-12-5-3-9-15-12/h11-14H,1-10H2. The Bertz CT molecular complexity index is 163. The van der Waals surface area contributed by atoms with E-state index in [4.69, 9.17) is 4.74 Å². The summed E-state index contributed by atoms with van der Waals surface area (Å²) < 4.78 is 5.59. The van der Waals surface area contributed by atoms with Crippen molar-refractivity contribution < 1.29 is 4.74 Å². The highest BCUT2D eigenvalue weighted by Gasteiger charge is 2.15. The van der Waals surface area contributed by atoms with Crippen molar-refractivity contribution in [2.24, 2.45) is 0 Å². The van der Waals surface area contributed by atoms with Gasteiger partial charge in [-0.25, -0.2) is 0 Å². The molecule has 0 aliphatic carbocycles. The molecule has 0 aromatic rings. The molecule has 2 rings (SSSR count). The maximum atomic E-state index is 5.59. The van der Waals surface area contributed by atoms with Gasteiger partial charge in [0.05, 0.1) is 6.10 Å². The SMILES string of the molecule is C1CCC(CNCCC2CCCO2)NC1. The summed E-state index contributed by atoms with van der Waals surface area (Å²) in [5, 5.41) is 7.09. The van der Waals surface area contributed by atoms with Gasteiger partial charge in [-0.1, -0.05) is 6.42 Å². The summed E-state index contributed by atoms with van der Waals surface area (Å²) in [4.78, 5) is 0. The average molecular weight is 212 g/mol. The zero-order valence-corrected chi connectivity index (χ0v) is 9.63. The lowest BCUT2D eigenvalue weighted by Gasteiger charge is -2.23. The van der Waals surface area contributed by atoms with Gasteiger partial charge in [-0.2, -0.15) is 0 Å². The Kier molecular flexibility index (Phi) is 4.90. The van der Waals surface area contributed by atoms with Crippen LogP contribution in [0.1, 0.15) is 38.5 Å². The molecule has 0 aromatic carbocycles. The van der Waals surface area contributed by atoms with Crippen LogP contribution in [0, 0.1) is 0 Å². The predicted octanol–water partition coefficient (Wildman–Crippen LogP) is 1.29. The smallest absolute Gasteiger partial charge is 0.0588 e. The van der Waals surface area contributed by atoms with Crippen LogP contribution in [-0.2, 0) is 4.74 Å². The molecule has 0 radical (unpaired) electrons. The average Bonchev–Trinajstić information content (AvgIpc) is 2.79. The molecule has 2 heterocycles. The molecule has 2 aliphatic rings. The van der Waals surface area contributed by atoms with Crippen LogP contribution >= 0.6 is 0 Å². The van der Waals surface area contributed by atoms with Crippen molar-refractivity contribution in [3.8, 4) is 0 Å². The molecule has 0 bridgehead atoms. The highest BCUT2D eigenvalue weighted by molar-refractivity contribution is 4.74. The highest BCUT2D eigenvalue weighted by atomic mass is 16.5. The molecule has 0 aromatic heterocycles. The molecule has 2 atom stereocenters. The maximum absolute atomic E-state index is 5.59. The quantitative estimate of drug-likeness (QED) is 0.674. The van der Waals surface area contributed by atoms with Gasteiger partial charge < -0.3 is 15.4 Å². The van der Waals surface area contributed by atoms with Crippen molar-refractivity contribution in [3.63, 3.8) is 0 Å². The van der Waals surface area contributed by atoms with Crippen LogP contribution in [0.25, 0.3) is 0 Å². The lowest BCUT2D eigenvalue weighted by Crippen LogP contribution is -2.42. The Balaban J connectivity index is 1.47. The molecule has 3 heteroatoms. The van der Waals surface area contributed by atoms with Crippen molar-refractivity contribution in [3.05, 3.63) is 0 Å². The molecular weight excluding hydrogens is 188 g/mol. The lowest BCUT2D eigenvalue weighted by atomic mass is 10.1. The minimum absolute atomic E-state index is 0.539. The Morgan fingerprint density at radius 2 is 2.20 bits per heavy atom. The van der Waals surface area contributed by atoms with Gasteiger partial charge in [0.2, 0.25) is 0 Å². The molecular formula is C12H24N2O. The van der Waals surface area contributed by atoms with E-state index < -0.39 is 0 Å². The molecule has 2 saturated heterocycles. The van der Waals surface area contributed by atoms with E-state index in [2.05, 4.69) is 10.6 Å². The molecule has 15 heavy (non-hydrogen) atoms. The Hall–Kier alpha value is -0.120. The van der Waals surface area contributed by atoms with Crippen molar-refractivity contribution in [1.29, 1.82) is 0 Å². The summed E-state index contributed by atoms with van der Waals surface area (Å²) in [6, 6.07) is 0.711. The zero-order chi connectivity index (χ0) is 10.3. The first-order valence-electron chi connectivity index (χ1n) is 6.51. The third-order valence-corrected chi connectivity index (χ3v) is 3.47. The second-order valence-corrected chi connectivity index (χ2v) is 4.77. The van der Waals surface area contributed by atoms with Gasteiger partial charge in [0.15, 0.2) is 0 Å². The van der Waals surface area contributed by atoms with Crippen molar-refractivity contribution in [2.45, 2.75) is 50.7 Å². The van der Waals surface area contributed by atoms with E-state index in [1.807, 2.05) is 0 Å². The van der Waals surface area contributed by atoms with Gasteiger partial charge >= 0.3 is 0 Å². The number of hydrogen-bond donors (Lipinski definition) is 2. The predicted molar refractivity (Wildman–Crippen MR) is 62.1 cm³/mol. The fraction of sp³-hybridized carbons (Fsp3) is 1.00. The van der Waals surface area contributed by atoms with Gasteiger partial charge in [0.25, 0.3) is 0 Å². The fourth-order valence-electron chi connectivity index (χ4n) is 2.51. The van der Waals surface area contributed by atoms with E-state index >= 15 is 0 Å². The first kappa shape index (κ1) is 11.4. The lowest BCUT2D eigenvalue weighted by molar-refractivity contribution is 0.104. The van der Waals surface area contributed by atoms with Crippen molar-refractivity contribution in [1.82, 2.24) is 10.6 Å². The summed E-state index contributed by atoms with van der Waals surface area (Å²) >= 11 is 0. The molecule has 0 saturated carbocycles. The molecule has 0 spiro atoms. The maximum Gasteiger partial charge on any atom is 0.0588 e. The third-order valence-electron chi connectivity index (χ3n) is 3.47. The second-order valence-electron chi connectivity index (χ2n) is 4.77. The van der Waals surface area contributed by atoms with Crippen LogP contribution in [-0.4, -0.2) is 38.4 Å². The number of rotatable bonds is 5. The minimum atomic E-state index is 0.539. The second kappa shape index (κ2) is 6.46. The third kappa shape index (κ3) is 4.09. The molecule has 2 unspecified atom stereocenters. The monoisotopic (exact) mass is 212 g/mol. The minimum Gasteiger partial charge on any atom is -0.378 e. The van der Waals surface area contributed by atoms with E-state index in [9.17, 15) is 0 Å².